The number of carbonyl (C=O) groups excluding carboxylic acids is 4. The molecule has 0 saturated carbocycles. The van der Waals surface area contributed by atoms with Gasteiger partial charge in [-0.05, 0) is 215 Å². The predicted molar refractivity (Wildman–Crippen MR) is 510 cm³/mol. The molecular formula is C101H126Cl4F4N12O10. The number of hydrogen-bond donors (Lipinski definition) is 8. The van der Waals surface area contributed by atoms with Crippen molar-refractivity contribution in [2.24, 2.45) is 47.3 Å². The number of anilines is 4. The lowest BCUT2D eigenvalue weighted by Crippen LogP contribution is -2.41. The summed E-state index contributed by atoms with van der Waals surface area (Å²) in [4.78, 5) is 68.7. The summed E-state index contributed by atoms with van der Waals surface area (Å²) in [5, 5.41) is 28.4. The average molecular weight is 1890 g/mol. The SMILES string of the molecule is CC[C@@H]1CC[C@@H](C(=O)Cc2cc(-c3ccc(F)c(NCC4CCOCC4)c3)c(Cl)cn2)CN1.CC[C@H]1CC[C@H](C(=O)Cc2cc(-c3ccc(F)c(NCC4CCOCC4)c3)c(Cl)cn2)CN1.COC[C@@H]1C[C@@H](C(=O)Cc2cc(-c3ccc(F)c(NCC4CCOCC4)c3)c(Cl)cn2)CN1.O=C(Cc1cc(-c2ccc(F)c(NCC3CCOCC3)c2)c(Cl)cn1)[C@H]1CNCCOC1. The van der Waals surface area contributed by atoms with Crippen LogP contribution < -0.4 is 42.5 Å². The van der Waals surface area contributed by atoms with Gasteiger partial charge in [0.25, 0.3) is 0 Å². The highest BCUT2D eigenvalue weighted by atomic mass is 35.5. The number of aromatic nitrogens is 4. The number of ether oxygens (including phenoxy) is 6. The van der Waals surface area contributed by atoms with Crippen LogP contribution in [-0.4, -0.2) is 200 Å². The molecule has 0 aliphatic carbocycles. The lowest BCUT2D eigenvalue weighted by molar-refractivity contribution is -0.124. The quantitative estimate of drug-likeness (QED) is 0.0182. The molecule has 7 atom stereocenters. The fourth-order valence-electron chi connectivity index (χ4n) is 18.0. The number of piperidine rings is 2. The molecule has 8 N–H and O–H groups in total. The molecular weight excluding hydrogens is 1760 g/mol. The minimum absolute atomic E-state index is 0.0283. The number of nitrogens with one attached hydrogen (secondary N) is 8. The van der Waals surface area contributed by atoms with Gasteiger partial charge in [-0.3, -0.25) is 39.1 Å². The van der Waals surface area contributed by atoms with Crippen LogP contribution in [0.5, 0.6) is 0 Å². The normalized spacial score (nSPS) is 21.2. The number of benzene rings is 4. The first-order valence-electron chi connectivity index (χ1n) is 46.8. The van der Waals surface area contributed by atoms with E-state index in [4.69, 9.17) is 74.8 Å². The number of methoxy groups -OCH3 is 1. The van der Waals surface area contributed by atoms with Gasteiger partial charge in [-0.15, -0.1) is 0 Å². The summed E-state index contributed by atoms with van der Waals surface area (Å²) in [7, 11) is 1.66. The lowest BCUT2D eigenvalue weighted by Gasteiger charge is -2.28. The summed E-state index contributed by atoms with van der Waals surface area (Å²) in [6.07, 6.45) is 22.0. The van der Waals surface area contributed by atoms with Gasteiger partial charge in [-0.2, -0.15) is 0 Å². The van der Waals surface area contributed by atoms with Crippen LogP contribution in [0.3, 0.4) is 0 Å². The molecule has 30 heteroatoms. The van der Waals surface area contributed by atoms with Crippen molar-refractivity contribution in [1.29, 1.82) is 0 Å². The second-order valence-electron chi connectivity index (χ2n) is 35.8. The van der Waals surface area contributed by atoms with E-state index in [2.05, 4.69) is 76.3 Å². The Morgan fingerprint density at radius 2 is 0.672 bits per heavy atom. The molecule has 16 rings (SSSR count). The van der Waals surface area contributed by atoms with Crippen LogP contribution in [-0.2, 0) is 73.3 Å². The highest BCUT2D eigenvalue weighted by Gasteiger charge is 2.33. The van der Waals surface area contributed by atoms with Crippen LogP contribution in [0.4, 0.5) is 40.3 Å². The van der Waals surface area contributed by atoms with E-state index in [-0.39, 0.29) is 102 Å². The largest absolute Gasteiger partial charge is 0.383 e. The van der Waals surface area contributed by atoms with Gasteiger partial charge in [0.05, 0.1) is 68.6 Å². The summed E-state index contributed by atoms with van der Waals surface area (Å²) in [5.74, 6) is 1.18. The van der Waals surface area contributed by atoms with Gasteiger partial charge in [0.1, 0.15) is 46.4 Å². The first kappa shape index (κ1) is 100. The predicted octanol–water partition coefficient (Wildman–Crippen LogP) is 18.4. The Labute approximate surface area is 787 Å². The number of nitrogens with zero attached hydrogens (tertiary/aromatic N) is 4. The number of rotatable bonds is 32. The zero-order valence-electron chi connectivity index (χ0n) is 75.4. The molecule has 8 saturated heterocycles. The van der Waals surface area contributed by atoms with Crippen molar-refractivity contribution in [2.75, 3.05) is 160 Å². The van der Waals surface area contributed by atoms with E-state index in [9.17, 15) is 36.7 Å². The third-order valence-electron chi connectivity index (χ3n) is 26.4. The average Bonchev–Trinajstić information content (AvgIpc) is 1.79. The van der Waals surface area contributed by atoms with E-state index < -0.39 is 0 Å². The molecule has 0 bridgehead atoms. The number of pyridine rings is 4. The van der Waals surface area contributed by atoms with E-state index in [1.54, 1.807) is 80.4 Å². The lowest BCUT2D eigenvalue weighted by atomic mass is 9.88. The van der Waals surface area contributed by atoms with Gasteiger partial charge in [0.2, 0.25) is 0 Å². The Morgan fingerprint density at radius 3 is 0.969 bits per heavy atom. The molecule has 0 radical (unpaired) electrons. The van der Waals surface area contributed by atoms with Gasteiger partial charge in [-0.25, -0.2) is 17.6 Å². The van der Waals surface area contributed by atoms with Crippen molar-refractivity contribution in [3.63, 3.8) is 0 Å². The highest BCUT2D eigenvalue weighted by molar-refractivity contribution is 6.34. The van der Waals surface area contributed by atoms with Gasteiger partial charge in [0, 0.05) is 250 Å². The standard InChI is InChI=1S/2C26H33ClFN3O2.C25H31ClFN3O3.C24H29ClFN3O3/c2*1-2-20-5-3-19(15-29-20)26(32)13-21-12-22(23(27)16-30-21)18-4-6-24(28)25(11-18)31-14-17-7-9-33-10-8-17;1-32-15-20-8-18(13-28-20)25(31)11-19-10-21(22(26)14-29-19)17-2-3-23(27)24(9-17)30-12-16-4-6-33-7-5-16;25-21-14-28-19(11-24(30)18-13-27-5-8-32-15-18)10-20(21)17-1-2-22(26)23(9-17)29-12-16-3-6-31-7-4-16/h2*4,6,11-12,16-17,19-20,29,31H,2-3,5,7-10,13-15H2,1H3;2-3,9-10,14,16,18,20,28,30H,4-8,11-13,15H2,1H3;1-2,9-10,14,16,18,27,29H,3-8,11-13,15H2/t2*19-,20-;18-,20+;18-/m1010/s1. The number of carbonyl (C=O) groups is 4. The summed E-state index contributed by atoms with van der Waals surface area (Å²) < 4.78 is 90.1. The maximum atomic E-state index is 14.5. The topological polar surface area (TPSA) is 271 Å². The smallest absolute Gasteiger partial charge is 0.146 e. The van der Waals surface area contributed by atoms with Gasteiger partial charge < -0.3 is 71.0 Å². The molecule has 0 amide bonds. The Morgan fingerprint density at radius 1 is 0.374 bits per heavy atom. The Hall–Kier alpha value is -8.16. The summed E-state index contributed by atoms with van der Waals surface area (Å²) in [5.41, 5.74) is 10.7. The molecule has 12 heterocycles. The monoisotopic (exact) mass is 1880 g/mol. The molecule has 8 aliphatic heterocycles. The highest BCUT2D eigenvalue weighted by Crippen LogP contribution is 2.38. The fourth-order valence-corrected chi connectivity index (χ4v) is 18.9. The van der Waals surface area contributed by atoms with E-state index in [0.29, 0.717) is 160 Å². The molecule has 0 spiro atoms. The molecule has 131 heavy (non-hydrogen) atoms. The molecule has 8 aromatic rings. The van der Waals surface area contributed by atoms with E-state index >= 15 is 0 Å². The molecule has 4 aromatic carbocycles. The van der Waals surface area contributed by atoms with Crippen LogP contribution in [0.25, 0.3) is 44.5 Å². The van der Waals surface area contributed by atoms with Crippen molar-refractivity contribution >= 4 is 92.3 Å². The Kier molecular flexibility index (Phi) is 39.4. The van der Waals surface area contributed by atoms with Crippen LogP contribution in [0.2, 0.25) is 20.1 Å². The van der Waals surface area contributed by atoms with Crippen molar-refractivity contribution < 1.29 is 65.2 Å². The summed E-state index contributed by atoms with van der Waals surface area (Å²) in [6.45, 7) is 18.4. The minimum atomic E-state index is -0.303. The summed E-state index contributed by atoms with van der Waals surface area (Å²) >= 11 is 25.8. The first-order valence-corrected chi connectivity index (χ1v) is 48.3. The second-order valence-corrected chi connectivity index (χ2v) is 37.4. The Bertz CT molecular complexity index is 4700. The number of halogens is 8. The number of ketones is 4. The zero-order chi connectivity index (χ0) is 92.0. The third-order valence-corrected chi connectivity index (χ3v) is 27.6. The second kappa shape index (κ2) is 51.5. The zero-order valence-corrected chi connectivity index (χ0v) is 78.4. The molecule has 706 valence electrons. The Balaban J connectivity index is 0.000000149. The van der Waals surface area contributed by atoms with Crippen LogP contribution in [0.15, 0.2) is 122 Å². The molecule has 4 aromatic heterocycles. The molecule has 8 aliphatic rings. The van der Waals surface area contributed by atoms with E-state index in [1.807, 2.05) is 24.3 Å². The molecule has 0 unspecified atom stereocenters. The van der Waals surface area contributed by atoms with Crippen molar-refractivity contribution in [3.05, 3.63) is 188 Å². The van der Waals surface area contributed by atoms with Crippen molar-refractivity contribution in [2.45, 2.75) is 154 Å². The van der Waals surface area contributed by atoms with Gasteiger partial charge in [-0.1, -0.05) is 84.5 Å². The van der Waals surface area contributed by atoms with E-state index in [0.717, 1.165) is 213 Å². The minimum Gasteiger partial charge on any atom is -0.383 e. The summed E-state index contributed by atoms with van der Waals surface area (Å²) in [6, 6.07) is 28.4. The number of Topliss-reactive ketones (excluding diaryl/α,β-unsaturated/α-hetero) is 4. The van der Waals surface area contributed by atoms with Gasteiger partial charge in [0.15, 0.2) is 0 Å². The van der Waals surface area contributed by atoms with Crippen LogP contribution >= 0.6 is 46.4 Å². The van der Waals surface area contributed by atoms with E-state index in [1.165, 1.54) is 24.3 Å². The van der Waals surface area contributed by atoms with Crippen LogP contribution in [0.1, 0.15) is 133 Å². The maximum absolute atomic E-state index is 14.5. The molecule has 8 fully saturated rings. The van der Waals surface area contributed by atoms with Gasteiger partial charge >= 0.3 is 0 Å². The van der Waals surface area contributed by atoms with Crippen molar-refractivity contribution in [3.8, 4) is 44.5 Å². The maximum Gasteiger partial charge on any atom is 0.146 e. The number of hydrogen-bond acceptors (Lipinski definition) is 22. The molecule has 22 nitrogen and oxygen atoms in total. The fraction of sp³-hybridized carbons (Fsp3) is 0.525. The van der Waals surface area contributed by atoms with Crippen LogP contribution in [0, 0.1) is 70.6 Å². The first-order chi connectivity index (χ1) is 63.7. The third kappa shape index (κ3) is 30.2. The van der Waals surface area contributed by atoms with Crippen molar-refractivity contribution in [1.82, 2.24) is 41.2 Å².